The Labute approximate surface area is 183 Å². The molecule has 1 N–H and O–H groups in total. The quantitative estimate of drug-likeness (QED) is 0.749. The van der Waals surface area contributed by atoms with Gasteiger partial charge >= 0.3 is 6.18 Å². The van der Waals surface area contributed by atoms with E-state index in [4.69, 9.17) is 0 Å². The summed E-state index contributed by atoms with van der Waals surface area (Å²) in [7, 11) is 0. The number of hydrogen-bond donors (Lipinski definition) is 1. The summed E-state index contributed by atoms with van der Waals surface area (Å²) < 4.78 is 38.0. The van der Waals surface area contributed by atoms with E-state index in [0.717, 1.165) is 37.8 Å². The van der Waals surface area contributed by atoms with Gasteiger partial charge in [-0.1, -0.05) is 18.2 Å². The summed E-state index contributed by atoms with van der Waals surface area (Å²) in [6.07, 6.45) is 3.79. The summed E-state index contributed by atoms with van der Waals surface area (Å²) in [6.45, 7) is 2.95. The van der Waals surface area contributed by atoms with Gasteiger partial charge in [-0.05, 0) is 94.6 Å². The van der Waals surface area contributed by atoms with Gasteiger partial charge in [0, 0.05) is 6.04 Å². The van der Waals surface area contributed by atoms with Crippen molar-refractivity contribution in [2.45, 2.75) is 82.6 Å². The number of fused-ring (bicyclic) bond motifs is 1. The molecule has 0 saturated carbocycles. The van der Waals surface area contributed by atoms with E-state index in [1.165, 1.54) is 28.9 Å². The molecule has 2 aliphatic heterocycles. The van der Waals surface area contributed by atoms with Crippen LogP contribution in [0.3, 0.4) is 0 Å². The van der Waals surface area contributed by atoms with Gasteiger partial charge in [-0.2, -0.15) is 13.2 Å². The van der Waals surface area contributed by atoms with Gasteiger partial charge in [-0.3, -0.25) is 14.6 Å². The first-order chi connectivity index (χ1) is 14.8. The van der Waals surface area contributed by atoms with Crippen LogP contribution in [-0.2, 0) is 17.6 Å². The Morgan fingerprint density at radius 3 is 2.48 bits per heavy atom. The van der Waals surface area contributed by atoms with E-state index in [2.05, 4.69) is 28.4 Å². The third kappa shape index (κ3) is 5.61. The maximum absolute atomic E-state index is 13.1. The number of hydrogen-bond acceptors (Lipinski definition) is 3. The highest BCUT2D eigenvalue weighted by Gasteiger charge is 2.39. The number of halogens is 3. The van der Waals surface area contributed by atoms with E-state index in [1.54, 1.807) is 0 Å². The Balaban J connectivity index is 1.33. The average molecular weight is 438 g/mol. The van der Waals surface area contributed by atoms with Crippen LogP contribution in [0.25, 0.3) is 0 Å². The third-order valence-corrected chi connectivity index (χ3v) is 7.26. The van der Waals surface area contributed by atoms with Crippen LogP contribution in [0.2, 0.25) is 0 Å². The fourth-order valence-electron chi connectivity index (χ4n) is 5.59. The number of rotatable bonds is 5. The summed E-state index contributed by atoms with van der Waals surface area (Å²) in [6, 6.07) is 6.58. The molecule has 172 valence electrons. The summed E-state index contributed by atoms with van der Waals surface area (Å²) in [4.78, 5) is 16.8. The van der Waals surface area contributed by atoms with Gasteiger partial charge in [0.15, 0.2) is 0 Å². The number of nitrogens with one attached hydrogen (secondary N) is 1. The summed E-state index contributed by atoms with van der Waals surface area (Å²) in [5.41, 5.74) is 4.00. The van der Waals surface area contributed by atoms with Gasteiger partial charge in [0.05, 0.1) is 18.6 Å². The molecule has 1 aromatic carbocycles. The van der Waals surface area contributed by atoms with E-state index >= 15 is 0 Å². The molecule has 2 heterocycles. The second-order valence-electron chi connectivity index (χ2n) is 9.48. The minimum Gasteiger partial charge on any atom is -0.348 e. The van der Waals surface area contributed by atoms with Crippen molar-refractivity contribution in [3.8, 4) is 0 Å². The van der Waals surface area contributed by atoms with Crippen molar-refractivity contribution in [2.75, 3.05) is 26.2 Å². The molecule has 4 nitrogen and oxygen atoms in total. The first-order valence-corrected chi connectivity index (χ1v) is 11.8. The first kappa shape index (κ1) is 22.6. The molecule has 0 radical (unpaired) electrons. The lowest BCUT2D eigenvalue weighted by Crippen LogP contribution is -2.52. The van der Waals surface area contributed by atoms with Gasteiger partial charge < -0.3 is 5.32 Å². The van der Waals surface area contributed by atoms with Crippen molar-refractivity contribution in [2.24, 2.45) is 0 Å². The van der Waals surface area contributed by atoms with Crippen LogP contribution in [0.5, 0.6) is 0 Å². The molecule has 7 heteroatoms. The molecular formula is C24H34F3N3O. The summed E-state index contributed by atoms with van der Waals surface area (Å²) in [5.74, 6) is 0.0560. The van der Waals surface area contributed by atoms with E-state index in [0.29, 0.717) is 25.9 Å². The molecule has 2 fully saturated rings. The highest BCUT2D eigenvalue weighted by atomic mass is 19.4. The smallest absolute Gasteiger partial charge is 0.348 e. The minimum atomic E-state index is -4.14. The summed E-state index contributed by atoms with van der Waals surface area (Å²) >= 11 is 0. The number of nitrogens with zero attached hydrogens (tertiary/aromatic N) is 2. The number of likely N-dealkylation sites (tertiary alicyclic amines) is 2. The molecule has 2 saturated heterocycles. The number of piperidine rings is 1. The molecule has 2 atom stereocenters. The van der Waals surface area contributed by atoms with E-state index < -0.39 is 12.7 Å². The third-order valence-electron chi connectivity index (χ3n) is 7.26. The van der Waals surface area contributed by atoms with Crippen molar-refractivity contribution in [3.63, 3.8) is 0 Å². The Morgan fingerprint density at radius 1 is 1.06 bits per heavy atom. The highest BCUT2D eigenvalue weighted by molar-refractivity contribution is 5.82. The minimum absolute atomic E-state index is 0.0455. The van der Waals surface area contributed by atoms with Crippen LogP contribution in [0.15, 0.2) is 18.2 Å². The zero-order chi connectivity index (χ0) is 22.0. The van der Waals surface area contributed by atoms with Gasteiger partial charge in [-0.15, -0.1) is 0 Å². The zero-order valence-corrected chi connectivity index (χ0v) is 18.4. The molecule has 0 aromatic heterocycles. The standard InChI is InChI=1S/C24H34F3N3O/c1-17(19-9-8-18-5-2-3-6-20(18)15-19)28-23(31)22-7-4-12-30(22)21-10-13-29(14-11-21)16-24(25,26)27/h8-9,15,17,21-22H,2-7,10-14,16H2,1H3,(H,28,31)/t17-,22-/m1/s1. The molecule has 0 unspecified atom stereocenters. The van der Waals surface area contributed by atoms with Crippen molar-refractivity contribution in [1.82, 2.24) is 15.1 Å². The van der Waals surface area contributed by atoms with Crippen LogP contribution < -0.4 is 5.32 Å². The van der Waals surface area contributed by atoms with Crippen LogP contribution in [0, 0.1) is 0 Å². The molecule has 0 bridgehead atoms. The van der Waals surface area contributed by atoms with Crippen LogP contribution in [-0.4, -0.2) is 60.1 Å². The van der Waals surface area contributed by atoms with Gasteiger partial charge in [0.1, 0.15) is 0 Å². The van der Waals surface area contributed by atoms with E-state index in [9.17, 15) is 18.0 Å². The first-order valence-electron chi connectivity index (χ1n) is 11.8. The normalized spacial score (nSPS) is 24.7. The average Bonchev–Trinajstić information content (AvgIpc) is 3.23. The van der Waals surface area contributed by atoms with Crippen molar-refractivity contribution >= 4 is 5.91 Å². The number of benzene rings is 1. The van der Waals surface area contributed by atoms with E-state index in [1.807, 2.05) is 6.92 Å². The monoisotopic (exact) mass is 437 g/mol. The Kier molecular flexibility index (Phi) is 6.92. The Hall–Kier alpha value is -1.60. The predicted octanol–water partition coefficient (Wildman–Crippen LogP) is 4.23. The fraction of sp³-hybridized carbons (Fsp3) is 0.708. The number of carbonyl (C=O) groups excluding carboxylic acids is 1. The molecular weight excluding hydrogens is 403 g/mol. The van der Waals surface area contributed by atoms with Crippen LogP contribution in [0.1, 0.15) is 68.2 Å². The van der Waals surface area contributed by atoms with Crippen molar-refractivity contribution < 1.29 is 18.0 Å². The van der Waals surface area contributed by atoms with Gasteiger partial charge in [0.25, 0.3) is 0 Å². The number of carbonyl (C=O) groups is 1. The largest absolute Gasteiger partial charge is 0.401 e. The predicted molar refractivity (Wildman–Crippen MR) is 115 cm³/mol. The van der Waals surface area contributed by atoms with Crippen molar-refractivity contribution in [3.05, 3.63) is 34.9 Å². The molecule has 0 spiro atoms. The fourth-order valence-corrected chi connectivity index (χ4v) is 5.59. The Morgan fingerprint density at radius 2 is 1.77 bits per heavy atom. The molecule has 1 aromatic rings. The SMILES string of the molecule is C[C@@H](NC(=O)[C@H]1CCCN1C1CCN(CC(F)(F)F)CC1)c1ccc2c(c1)CCCC2. The van der Waals surface area contributed by atoms with E-state index in [-0.39, 0.29) is 24.0 Å². The molecule has 1 amide bonds. The zero-order valence-electron chi connectivity index (χ0n) is 18.4. The molecule has 31 heavy (non-hydrogen) atoms. The number of amides is 1. The molecule has 3 aliphatic rings. The highest BCUT2D eigenvalue weighted by Crippen LogP contribution is 2.29. The van der Waals surface area contributed by atoms with Crippen LogP contribution in [0.4, 0.5) is 13.2 Å². The topological polar surface area (TPSA) is 35.6 Å². The second-order valence-corrected chi connectivity index (χ2v) is 9.48. The lowest BCUT2D eigenvalue weighted by atomic mass is 9.89. The maximum atomic E-state index is 13.1. The summed E-state index contributed by atoms with van der Waals surface area (Å²) in [5, 5.41) is 3.21. The van der Waals surface area contributed by atoms with Gasteiger partial charge in [0.2, 0.25) is 5.91 Å². The molecule has 1 aliphatic carbocycles. The lowest BCUT2D eigenvalue weighted by molar-refractivity contribution is -0.149. The number of alkyl halides is 3. The Bertz CT molecular complexity index is 774. The van der Waals surface area contributed by atoms with Crippen LogP contribution >= 0.6 is 0 Å². The molecule has 4 rings (SSSR count). The van der Waals surface area contributed by atoms with Crippen molar-refractivity contribution in [1.29, 1.82) is 0 Å². The van der Waals surface area contributed by atoms with Gasteiger partial charge in [-0.25, -0.2) is 0 Å². The maximum Gasteiger partial charge on any atom is 0.401 e. The lowest BCUT2D eigenvalue weighted by Gasteiger charge is -2.39. The number of aryl methyl sites for hydroxylation is 2. The second kappa shape index (κ2) is 9.49.